The summed E-state index contributed by atoms with van der Waals surface area (Å²) < 4.78 is 6.62. The summed E-state index contributed by atoms with van der Waals surface area (Å²) in [6.45, 7) is 2.55. The molecule has 2 atom stereocenters. The number of nitrogens with zero attached hydrogens (tertiary/aromatic N) is 5. The Balaban J connectivity index is 1.32. The van der Waals surface area contributed by atoms with Gasteiger partial charge in [0.25, 0.3) is 5.91 Å². The van der Waals surface area contributed by atoms with E-state index in [-0.39, 0.29) is 29.9 Å². The molecule has 2 aromatic rings. The molecular formula is C19H24N6O3S. The van der Waals surface area contributed by atoms with E-state index in [4.69, 9.17) is 10.5 Å². The maximum atomic E-state index is 13.0. The van der Waals surface area contributed by atoms with Crippen LogP contribution >= 0.6 is 11.3 Å². The van der Waals surface area contributed by atoms with Crippen LogP contribution in [-0.2, 0) is 4.74 Å². The third-order valence-electron chi connectivity index (χ3n) is 6.25. The number of piperidine rings is 1. The number of amides is 2. The lowest BCUT2D eigenvalue weighted by Crippen LogP contribution is -2.54. The first-order valence-electron chi connectivity index (χ1n) is 10.0. The smallest absolute Gasteiger partial charge is 0.320 e. The zero-order valence-corrected chi connectivity index (χ0v) is 16.9. The quantitative estimate of drug-likeness (QED) is 0.800. The number of thiazole rings is 1. The molecule has 2 aromatic heterocycles. The normalized spacial score (nSPS) is 26.7. The van der Waals surface area contributed by atoms with Crippen molar-refractivity contribution in [3.05, 3.63) is 28.3 Å². The third-order valence-corrected chi connectivity index (χ3v) is 6.84. The van der Waals surface area contributed by atoms with Gasteiger partial charge in [0, 0.05) is 42.5 Å². The number of morpholine rings is 1. The summed E-state index contributed by atoms with van der Waals surface area (Å²) in [4.78, 5) is 33.7. The number of hydrogen-bond donors (Lipinski definition) is 1. The van der Waals surface area contributed by atoms with Crippen molar-refractivity contribution < 1.29 is 14.3 Å². The van der Waals surface area contributed by atoms with Crippen LogP contribution < -0.4 is 5.73 Å². The number of urea groups is 1. The van der Waals surface area contributed by atoms with Gasteiger partial charge in [-0.1, -0.05) is 0 Å². The Morgan fingerprint density at radius 2 is 1.90 bits per heavy atom. The van der Waals surface area contributed by atoms with Crippen LogP contribution in [0.5, 0.6) is 0 Å². The van der Waals surface area contributed by atoms with Crippen molar-refractivity contribution >= 4 is 29.1 Å². The Bertz CT molecular complexity index is 893. The third kappa shape index (κ3) is 3.29. The van der Waals surface area contributed by atoms with Gasteiger partial charge in [0.15, 0.2) is 0 Å². The lowest BCUT2D eigenvalue weighted by Gasteiger charge is -2.41. The van der Waals surface area contributed by atoms with E-state index in [1.807, 2.05) is 4.90 Å². The van der Waals surface area contributed by atoms with E-state index in [1.165, 1.54) is 16.0 Å². The van der Waals surface area contributed by atoms with Crippen LogP contribution in [-0.4, -0.2) is 74.9 Å². The minimum absolute atomic E-state index is 0.142. The highest BCUT2D eigenvalue weighted by Crippen LogP contribution is 2.43. The second-order valence-electron chi connectivity index (χ2n) is 7.93. The lowest BCUT2D eigenvalue weighted by atomic mass is 9.88. The van der Waals surface area contributed by atoms with Crippen molar-refractivity contribution in [2.24, 2.45) is 0 Å². The molecule has 0 radical (unpaired) electrons. The van der Waals surface area contributed by atoms with Gasteiger partial charge in [-0.25, -0.2) is 9.78 Å². The molecule has 3 fully saturated rings. The van der Waals surface area contributed by atoms with Crippen LogP contribution in [0.25, 0.3) is 0 Å². The maximum absolute atomic E-state index is 13.0. The second-order valence-corrected chi connectivity index (χ2v) is 8.65. The van der Waals surface area contributed by atoms with E-state index in [0.717, 1.165) is 31.4 Å². The summed E-state index contributed by atoms with van der Waals surface area (Å²) in [5, 5.41) is 6.22. The highest BCUT2D eigenvalue weighted by molar-refractivity contribution is 7.07. The zero-order chi connectivity index (χ0) is 20.0. The first kappa shape index (κ1) is 18.6. The van der Waals surface area contributed by atoms with Crippen molar-refractivity contribution in [3.63, 3.8) is 0 Å². The minimum atomic E-state index is -0.307. The van der Waals surface area contributed by atoms with Gasteiger partial charge in [0.2, 0.25) is 0 Å². The number of carbonyl (C=O) groups is 2. The van der Waals surface area contributed by atoms with Gasteiger partial charge in [-0.05, 0) is 25.7 Å². The Morgan fingerprint density at radius 1 is 1.17 bits per heavy atom. The second kappa shape index (κ2) is 7.42. The maximum Gasteiger partial charge on any atom is 0.320 e. The number of hydrogen-bond acceptors (Lipinski definition) is 7. The summed E-state index contributed by atoms with van der Waals surface area (Å²) in [6, 6.07) is 2.38. The highest BCUT2D eigenvalue weighted by Gasteiger charge is 2.45. The summed E-state index contributed by atoms with van der Waals surface area (Å²) in [5.74, 6) is 0.225. The first-order valence-corrected chi connectivity index (χ1v) is 11.0. The molecule has 3 aliphatic rings. The zero-order valence-electron chi connectivity index (χ0n) is 16.1. The molecule has 0 saturated carbocycles. The van der Waals surface area contributed by atoms with E-state index in [1.54, 1.807) is 17.0 Å². The van der Waals surface area contributed by atoms with Crippen LogP contribution in [0.2, 0.25) is 0 Å². The van der Waals surface area contributed by atoms with Gasteiger partial charge < -0.3 is 20.3 Å². The fraction of sp³-hybridized carbons (Fsp3) is 0.579. The van der Waals surface area contributed by atoms with E-state index in [0.29, 0.717) is 37.8 Å². The molecule has 5 heterocycles. The van der Waals surface area contributed by atoms with Crippen molar-refractivity contribution in [3.8, 4) is 0 Å². The van der Waals surface area contributed by atoms with Crippen molar-refractivity contribution in [1.29, 1.82) is 0 Å². The highest BCUT2D eigenvalue weighted by atomic mass is 32.1. The number of ether oxygens (including phenoxy) is 1. The van der Waals surface area contributed by atoms with Crippen molar-refractivity contribution in [1.82, 2.24) is 24.6 Å². The number of rotatable bonds is 2. The van der Waals surface area contributed by atoms with Crippen LogP contribution in [0.15, 0.2) is 17.0 Å². The number of fused-ring (bicyclic) bond motifs is 2. The number of nitrogen functional groups attached to an aromatic ring is 1. The predicted molar refractivity (Wildman–Crippen MR) is 107 cm³/mol. The molecule has 2 N–H and O–H groups in total. The molecule has 0 aliphatic carbocycles. The number of anilines is 1. The number of nitrogens with two attached hydrogens (primary N) is 1. The molecule has 5 rings (SSSR count). The van der Waals surface area contributed by atoms with E-state index in [9.17, 15) is 9.59 Å². The summed E-state index contributed by atoms with van der Waals surface area (Å²) in [5.41, 5.74) is 8.89. The van der Waals surface area contributed by atoms with Crippen LogP contribution in [0.1, 0.15) is 47.8 Å². The van der Waals surface area contributed by atoms with Crippen molar-refractivity contribution in [2.75, 3.05) is 32.0 Å². The van der Waals surface area contributed by atoms with Gasteiger partial charge >= 0.3 is 6.03 Å². The Morgan fingerprint density at radius 3 is 2.55 bits per heavy atom. The largest absolute Gasteiger partial charge is 0.383 e. The Hall–Kier alpha value is -2.46. The summed E-state index contributed by atoms with van der Waals surface area (Å²) in [6.07, 6.45) is 3.75. The predicted octanol–water partition coefficient (Wildman–Crippen LogP) is 1.77. The van der Waals surface area contributed by atoms with Crippen molar-refractivity contribution in [2.45, 2.75) is 43.7 Å². The average Bonchev–Trinajstić information content (AvgIpc) is 3.46. The SMILES string of the molecule is Nc1cc(C2CC3CCC(C2)N3C(=O)N2CCOCC2)nn1C(=O)c1cscn1. The molecule has 2 amide bonds. The molecule has 0 spiro atoms. The first-order chi connectivity index (χ1) is 14.1. The Kier molecular flexibility index (Phi) is 4.75. The monoisotopic (exact) mass is 416 g/mol. The van der Waals surface area contributed by atoms with Gasteiger partial charge in [0.05, 0.1) is 24.4 Å². The fourth-order valence-corrected chi connectivity index (χ4v) is 5.38. The molecule has 3 saturated heterocycles. The van der Waals surface area contributed by atoms with Gasteiger partial charge in [0.1, 0.15) is 11.5 Å². The lowest BCUT2D eigenvalue weighted by molar-refractivity contribution is 0.0330. The molecule has 154 valence electrons. The van der Waals surface area contributed by atoms with E-state index < -0.39 is 0 Å². The number of aromatic nitrogens is 3. The topological polar surface area (TPSA) is 107 Å². The number of carbonyl (C=O) groups excluding carboxylic acids is 2. The van der Waals surface area contributed by atoms with Gasteiger partial charge in [-0.15, -0.1) is 11.3 Å². The fourth-order valence-electron chi connectivity index (χ4n) is 4.85. The van der Waals surface area contributed by atoms with Gasteiger partial charge in [-0.3, -0.25) is 4.79 Å². The molecule has 9 nitrogen and oxygen atoms in total. The van der Waals surface area contributed by atoms with E-state index in [2.05, 4.69) is 15.0 Å². The minimum Gasteiger partial charge on any atom is -0.383 e. The standard InChI is InChI=1S/C19H24N6O3S/c20-17-9-15(22-25(17)18(26)16-10-29-11-21-16)12-7-13-1-2-14(8-12)24(13)19(27)23-3-5-28-6-4-23/h9-14H,1-8,20H2. The molecule has 29 heavy (non-hydrogen) atoms. The molecule has 2 unspecified atom stereocenters. The van der Waals surface area contributed by atoms with Crippen LogP contribution in [0.3, 0.4) is 0 Å². The summed E-state index contributed by atoms with van der Waals surface area (Å²) >= 11 is 1.36. The van der Waals surface area contributed by atoms with Crippen LogP contribution in [0.4, 0.5) is 10.6 Å². The van der Waals surface area contributed by atoms with E-state index >= 15 is 0 Å². The summed E-state index contributed by atoms with van der Waals surface area (Å²) in [7, 11) is 0. The average molecular weight is 417 g/mol. The molecule has 10 heteroatoms. The molecule has 3 aliphatic heterocycles. The molecule has 0 aromatic carbocycles. The molecular weight excluding hydrogens is 392 g/mol. The Labute approximate surface area is 172 Å². The molecule has 2 bridgehead atoms. The van der Waals surface area contributed by atoms with Crippen LogP contribution in [0, 0.1) is 0 Å². The van der Waals surface area contributed by atoms with Gasteiger partial charge in [-0.2, -0.15) is 9.78 Å².